The maximum Gasteiger partial charge on any atom is 0.124 e. The quantitative estimate of drug-likeness (QED) is 0.450. The Morgan fingerprint density at radius 2 is 1.83 bits per heavy atom. The number of aromatic amines is 1. The van der Waals surface area contributed by atoms with Crippen LogP contribution in [-0.4, -0.2) is 28.3 Å². The van der Waals surface area contributed by atoms with Crippen LogP contribution in [0.2, 0.25) is 0 Å². The van der Waals surface area contributed by atoms with Gasteiger partial charge in [0.2, 0.25) is 0 Å². The Kier molecular flexibility index (Phi) is 3.91. The number of anilines is 1. The van der Waals surface area contributed by atoms with Crippen molar-refractivity contribution in [1.82, 2.24) is 15.2 Å². The molecule has 30 heavy (non-hydrogen) atoms. The van der Waals surface area contributed by atoms with Crippen molar-refractivity contribution in [2.45, 2.75) is 6.54 Å². The third-order valence-electron chi connectivity index (χ3n) is 5.78. The fourth-order valence-electron chi connectivity index (χ4n) is 4.26. The molecule has 0 amide bonds. The third-order valence-corrected chi connectivity index (χ3v) is 5.78. The van der Waals surface area contributed by atoms with Gasteiger partial charge >= 0.3 is 0 Å². The van der Waals surface area contributed by atoms with Gasteiger partial charge < -0.3 is 9.64 Å². The molecule has 1 aliphatic heterocycles. The maximum atomic E-state index is 6.09. The minimum atomic E-state index is 0.657. The van der Waals surface area contributed by atoms with E-state index in [9.17, 15) is 0 Å². The Morgan fingerprint density at radius 1 is 0.933 bits per heavy atom. The van der Waals surface area contributed by atoms with Crippen LogP contribution in [-0.2, 0) is 6.54 Å². The lowest BCUT2D eigenvalue weighted by Gasteiger charge is -2.23. The predicted octanol–water partition coefficient (Wildman–Crippen LogP) is 5.18. The normalized spacial score (nSPS) is 13.8. The van der Waals surface area contributed by atoms with Crippen molar-refractivity contribution in [2.75, 3.05) is 18.1 Å². The van der Waals surface area contributed by atoms with Crippen molar-refractivity contribution in [3.63, 3.8) is 0 Å². The average Bonchev–Trinajstić information content (AvgIpc) is 3.16. The molecular formula is C25H20N4O. The first-order valence-corrected chi connectivity index (χ1v) is 10.1. The fourth-order valence-corrected chi connectivity index (χ4v) is 4.26. The molecule has 0 aliphatic carbocycles. The Labute approximate surface area is 173 Å². The van der Waals surface area contributed by atoms with Gasteiger partial charge in [-0.25, -0.2) is 0 Å². The summed E-state index contributed by atoms with van der Waals surface area (Å²) in [5, 5.41) is 9.43. The second-order valence-electron chi connectivity index (χ2n) is 7.61. The van der Waals surface area contributed by atoms with E-state index in [1.54, 1.807) is 0 Å². The Bertz CT molecular complexity index is 1370. The van der Waals surface area contributed by atoms with Gasteiger partial charge in [-0.3, -0.25) is 10.1 Å². The van der Waals surface area contributed by atoms with Gasteiger partial charge in [-0.1, -0.05) is 30.3 Å². The zero-order valence-electron chi connectivity index (χ0n) is 16.4. The van der Waals surface area contributed by atoms with Gasteiger partial charge in [0.15, 0.2) is 0 Å². The number of pyridine rings is 1. The summed E-state index contributed by atoms with van der Waals surface area (Å²) in [5.41, 5.74) is 6.81. The molecular weight excluding hydrogens is 372 g/mol. The molecule has 0 atom stereocenters. The largest absolute Gasteiger partial charge is 0.491 e. The van der Waals surface area contributed by atoms with E-state index in [1.807, 2.05) is 18.5 Å². The van der Waals surface area contributed by atoms with E-state index in [0.717, 1.165) is 35.3 Å². The highest BCUT2D eigenvalue weighted by Crippen LogP contribution is 2.33. The summed E-state index contributed by atoms with van der Waals surface area (Å²) in [5.74, 6) is 0.962. The van der Waals surface area contributed by atoms with Crippen LogP contribution in [0.1, 0.15) is 5.56 Å². The molecule has 5 aromatic rings. The van der Waals surface area contributed by atoms with E-state index >= 15 is 0 Å². The SMILES string of the molecule is c1ccc2c(N3CCOc4ccc(-c5ccc6[nH]ncc6c5)cc4C3)ccnc2c1. The lowest BCUT2D eigenvalue weighted by Crippen LogP contribution is -2.25. The maximum absolute atomic E-state index is 6.09. The molecule has 0 saturated carbocycles. The fraction of sp³-hybridized carbons (Fsp3) is 0.120. The molecule has 5 heteroatoms. The van der Waals surface area contributed by atoms with Gasteiger partial charge in [0.1, 0.15) is 12.4 Å². The standard InChI is InChI=1S/C25H20N4O/c1-2-4-23-21(3-1)24(9-10-26-23)29-11-12-30-25-8-6-18(14-20(25)16-29)17-5-7-22-19(13-17)15-27-28-22/h1-10,13-15H,11-12,16H2,(H,27,28). The minimum Gasteiger partial charge on any atom is -0.491 e. The van der Waals surface area contributed by atoms with Crippen molar-refractivity contribution in [3.8, 4) is 16.9 Å². The van der Waals surface area contributed by atoms with Crippen molar-refractivity contribution in [1.29, 1.82) is 0 Å². The van der Waals surface area contributed by atoms with Gasteiger partial charge in [0.25, 0.3) is 0 Å². The molecule has 5 nitrogen and oxygen atoms in total. The van der Waals surface area contributed by atoms with E-state index in [0.29, 0.717) is 6.61 Å². The summed E-state index contributed by atoms with van der Waals surface area (Å²) in [7, 11) is 0. The highest BCUT2D eigenvalue weighted by Gasteiger charge is 2.18. The average molecular weight is 392 g/mol. The van der Waals surface area contributed by atoms with Crippen molar-refractivity contribution in [3.05, 3.63) is 84.7 Å². The number of H-pyrrole nitrogens is 1. The molecule has 1 aliphatic rings. The van der Waals surface area contributed by atoms with E-state index in [-0.39, 0.29) is 0 Å². The van der Waals surface area contributed by atoms with Crippen molar-refractivity contribution in [2.24, 2.45) is 0 Å². The first-order chi connectivity index (χ1) is 14.8. The van der Waals surface area contributed by atoms with Crippen LogP contribution in [0.5, 0.6) is 5.75 Å². The molecule has 146 valence electrons. The van der Waals surface area contributed by atoms with E-state index < -0.39 is 0 Å². The van der Waals surface area contributed by atoms with Crippen LogP contribution in [0, 0.1) is 0 Å². The zero-order chi connectivity index (χ0) is 19.9. The number of nitrogens with one attached hydrogen (secondary N) is 1. The van der Waals surface area contributed by atoms with Crippen LogP contribution in [0.3, 0.4) is 0 Å². The van der Waals surface area contributed by atoms with Crippen molar-refractivity contribution < 1.29 is 4.74 Å². The Morgan fingerprint density at radius 3 is 2.83 bits per heavy atom. The second kappa shape index (κ2) is 6.88. The smallest absolute Gasteiger partial charge is 0.124 e. The molecule has 0 saturated heterocycles. The predicted molar refractivity (Wildman–Crippen MR) is 120 cm³/mol. The topological polar surface area (TPSA) is 54.0 Å². The number of hydrogen-bond donors (Lipinski definition) is 1. The number of ether oxygens (including phenoxy) is 1. The zero-order valence-corrected chi connectivity index (χ0v) is 16.4. The number of fused-ring (bicyclic) bond motifs is 3. The van der Waals surface area contributed by atoms with E-state index in [4.69, 9.17) is 4.74 Å². The highest BCUT2D eigenvalue weighted by molar-refractivity contribution is 5.91. The van der Waals surface area contributed by atoms with Crippen LogP contribution in [0.4, 0.5) is 5.69 Å². The summed E-state index contributed by atoms with van der Waals surface area (Å²) in [6.45, 7) is 2.29. The minimum absolute atomic E-state index is 0.657. The lowest BCUT2D eigenvalue weighted by molar-refractivity contribution is 0.332. The molecule has 1 N–H and O–H groups in total. The molecule has 0 bridgehead atoms. The Hall–Kier alpha value is -3.86. The summed E-state index contributed by atoms with van der Waals surface area (Å²) in [6.07, 6.45) is 3.75. The molecule has 2 aromatic heterocycles. The number of aromatic nitrogens is 3. The van der Waals surface area contributed by atoms with Crippen molar-refractivity contribution >= 4 is 27.5 Å². The monoisotopic (exact) mass is 392 g/mol. The number of hydrogen-bond acceptors (Lipinski definition) is 4. The molecule has 3 heterocycles. The molecule has 3 aromatic carbocycles. The molecule has 0 spiro atoms. The third kappa shape index (κ3) is 2.87. The number of nitrogens with zero attached hydrogens (tertiary/aromatic N) is 3. The van der Waals surface area contributed by atoms with Crippen LogP contribution < -0.4 is 9.64 Å². The summed E-state index contributed by atoms with van der Waals surface area (Å²) in [4.78, 5) is 6.90. The Balaban J connectivity index is 1.40. The van der Waals surface area contributed by atoms with Crippen LogP contribution >= 0.6 is 0 Å². The summed E-state index contributed by atoms with van der Waals surface area (Å²) < 4.78 is 6.09. The second-order valence-corrected chi connectivity index (χ2v) is 7.61. The first kappa shape index (κ1) is 17.0. The van der Waals surface area contributed by atoms with Crippen LogP contribution in [0.15, 0.2) is 79.1 Å². The van der Waals surface area contributed by atoms with Gasteiger partial charge in [-0.05, 0) is 47.5 Å². The molecule has 0 radical (unpaired) electrons. The van der Waals surface area contributed by atoms with Gasteiger partial charge in [0, 0.05) is 34.8 Å². The lowest BCUT2D eigenvalue weighted by atomic mass is 10.0. The van der Waals surface area contributed by atoms with Gasteiger partial charge in [-0.15, -0.1) is 0 Å². The van der Waals surface area contributed by atoms with E-state index in [1.165, 1.54) is 27.8 Å². The number of para-hydroxylation sites is 1. The molecule has 0 unspecified atom stereocenters. The summed E-state index contributed by atoms with van der Waals surface area (Å²) >= 11 is 0. The highest BCUT2D eigenvalue weighted by atomic mass is 16.5. The summed E-state index contributed by atoms with van der Waals surface area (Å²) in [6, 6.07) is 23.3. The first-order valence-electron chi connectivity index (χ1n) is 10.1. The van der Waals surface area contributed by atoms with Crippen LogP contribution in [0.25, 0.3) is 32.9 Å². The number of rotatable bonds is 2. The molecule has 0 fully saturated rings. The van der Waals surface area contributed by atoms with Gasteiger partial charge in [-0.2, -0.15) is 5.10 Å². The molecule has 6 rings (SSSR count). The van der Waals surface area contributed by atoms with Gasteiger partial charge in [0.05, 0.1) is 23.8 Å². The van der Waals surface area contributed by atoms with E-state index in [2.05, 4.69) is 80.7 Å². The number of benzene rings is 3.